The molecule has 1 aromatic rings. The molecule has 1 N–H and O–H groups in total. The highest BCUT2D eigenvalue weighted by molar-refractivity contribution is 7.17. The SMILES string of the molecule is COC(=O)c1nc(NC2CCOC(C)C2)sc1C(C)=O. The number of ether oxygens (including phenoxy) is 2. The number of hydrogen-bond donors (Lipinski definition) is 1. The Morgan fingerprint density at radius 1 is 1.50 bits per heavy atom. The molecular weight excluding hydrogens is 280 g/mol. The Morgan fingerprint density at radius 2 is 2.25 bits per heavy atom. The number of Topliss-reactive ketones (excluding diaryl/α,β-unsaturated/α-hetero) is 1. The van der Waals surface area contributed by atoms with Gasteiger partial charge in [0.15, 0.2) is 16.6 Å². The van der Waals surface area contributed by atoms with Crippen LogP contribution < -0.4 is 5.32 Å². The van der Waals surface area contributed by atoms with Crippen LogP contribution in [-0.2, 0) is 9.47 Å². The molecule has 0 saturated carbocycles. The average molecular weight is 298 g/mol. The third-order valence-corrected chi connectivity index (χ3v) is 4.23. The zero-order valence-corrected chi connectivity index (χ0v) is 12.6. The van der Waals surface area contributed by atoms with Crippen LogP contribution in [0.4, 0.5) is 5.13 Å². The molecular formula is C13H18N2O4S. The first-order chi connectivity index (χ1) is 9.51. The Kier molecular flexibility index (Phi) is 4.72. The first-order valence-corrected chi connectivity index (χ1v) is 7.31. The van der Waals surface area contributed by atoms with Crippen LogP contribution in [0.25, 0.3) is 0 Å². The molecule has 20 heavy (non-hydrogen) atoms. The van der Waals surface area contributed by atoms with E-state index in [9.17, 15) is 9.59 Å². The standard InChI is InChI=1S/C13H18N2O4S/c1-7-6-9(4-5-19-7)14-13-15-10(12(17)18-3)11(20-13)8(2)16/h7,9H,4-6H2,1-3H3,(H,14,15). The normalized spacial score (nSPS) is 22.4. The molecule has 0 spiro atoms. The van der Waals surface area contributed by atoms with Crippen LogP contribution in [0.1, 0.15) is 46.8 Å². The zero-order valence-electron chi connectivity index (χ0n) is 11.8. The van der Waals surface area contributed by atoms with Gasteiger partial charge in [0.25, 0.3) is 0 Å². The number of aromatic nitrogens is 1. The van der Waals surface area contributed by atoms with E-state index in [2.05, 4.69) is 15.0 Å². The molecule has 2 heterocycles. The Balaban J connectivity index is 2.16. The van der Waals surface area contributed by atoms with Gasteiger partial charge in [0.1, 0.15) is 4.88 Å². The minimum absolute atomic E-state index is 0.0904. The van der Waals surface area contributed by atoms with E-state index in [-0.39, 0.29) is 23.6 Å². The first kappa shape index (κ1) is 14.9. The second kappa shape index (κ2) is 6.32. The number of ketones is 1. The Bertz CT molecular complexity index is 514. The third-order valence-electron chi connectivity index (χ3n) is 3.14. The molecule has 110 valence electrons. The predicted molar refractivity (Wildman–Crippen MR) is 75.5 cm³/mol. The van der Waals surface area contributed by atoms with Crippen molar-refractivity contribution in [3.8, 4) is 0 Å². The molecule has 1 aliphatic heterocycles. The molecule has 0 bridgehead atoms. The summed E-state index contributed by atoms with van der Waals surface area (Å²) < 4.78 is 10.1. The Morgan fingerprint density at radius 3 is 2.85 bits per heavy atom. The van der Waals surface area contributed by atoms with Crippen LogP contribution in [0.2, 0.25) is 0 Å². The van der Waals surface area contributed by atoms with Crippen molar-refractivity contribution in [2.45, 2.75) is 38.8 Å². The number of thiazole rings is 1. The summed E-state index contributed by atoms with van der Waals surface area (Å²) in [5.74, 6) is -0.767. The number of carbonyl (C=O) groups is 2. The van der Waals surface area contributed by atoms with E-state index in [1.165, 1.54) is 25.4 Å². The summed E-state index contributed by atoms with van der Waals surface area (Å²) in [6, 6.07) is 0.246. The minimum atomic E-state index is -0.583. The number of nitrogens with one attached hydrogen (secondary N) is 1. The van der Waals surface area contributed by atoms with Gasteiger partial charge >= 0.3 is 5.97 Å². The zero-order chi connectivity index (χ0) is 14.7. The fraction of sp³-hybridized carbons (Fsp3) is 0.615. The topological polar surface area (TPSA) is 77.5 Å². The van der Waals surface area contributed by atoms with Crippen LogP contribution in [0, 0.1) is 0 Å². The maximum atomic E-state index is 11.6. The van der Waals surface area contributed by atoms with Crippen molar-refractivity contribution >= 4 is 28.2 Å². The summed E-state index contributed by atoms with van der Waals surface area (Å²) in [5, 5.41) is 3.85. The molecule has 1 saturated heterocycles. The van der Waals surface area contributed by atoms with Gasteiger partial charge in [0.2, 0.25) is 0 Å². The second-order valence-corrected chi connectivity index (χ2v) is 5.79. The van der Waals surface area contributed by atoms with E-state index >= 15 is 0 Å². The lowest BCUT2D eigenvalue weighted by molar-refractivity contribution is 0.0232. The molecule has 2 unspecified atom stereocenters. The number of methoxy groups -OCH3 is 1. The van der Waals surface area contributed by atoms with E-state index in [0.29, 0.717) is 16.6 Å². The summed E-state index contributed by atoms with van der Waals surface area (Å²) in [6.45, 7) is 4.14. The fourth-order valence-corrected chi connectivity index (χ4v) is 3.08. The monoisotopic (exact) mass is 298 g/mol. The van der Waals surface area contributed by atoms with E-state index in [0.717, 1.165) is 12.8 Å². The summed E-state index contributed by atoms with van der Waals surface area (Å²) in [5.41, 5.74) is 0.0904. The number of esters is 1. The van der Waals surface area contributed by atoms with Gasteiger partial charge in [-0.1, -0.05) is 11.3 Å². The second-order valence-electron chi connectivity index (χ2n) is 4.79. The van der Waals surface area contributed by atoms with Crippen molar-refractivity contribution in [2.24, 2.45) is 0 Å². The van der Waals surface area contributed by atoms with Gasteiger partial charge in [-0.2, -0.15) is 0 Å². The molecule has 2 atom stereocenters. The predicted octanol–water partition coefficient (Wildman–Crippen LogP) is 2.11. The lowest BCUT2D eigenvalue weighted by Gasteiger charge is -2.27. The average Bonchev–Trinajstić information content (AvgIpc) is 2.82. The van der Waals surface area contributed by atoms with E-state index < -0.39 is 5.97 Å². The number of nitrogens with zero attached hydrogens (tertiary/aromatic N) is 1. The highest BCUT2D eigenvalue weighted by Crippen LogP contribution is 2.27. The van der Waals surface area contributed by atoms with Gasteiger partial charge in [0, 0.05) is 19.6 Å². The smallest absolute Gasteiger partial charge is 0.358 e. The largest absolute Gasteiger partial charge is 0.464 e. The van der Waals surface area contributed by atoms with Gasteiger partial charge in [-0.15, -0.1) is 0 Å². The van der Waals surface area contributed by atoms with Crippen LogP contribution >= 0.6 is 11.3 Å². The van der Waals surface area contributed by atoms with Crippen LogP contribution in [0.5, 0.6) is 0 Å². The molecule has 2 rings (SSSR count). The van der Waals surface area contributed by atoms with Gasteiger partial charge in [0.05, 0.1) is 13.2 Å². The molecule has 0 amide bonds. The summed E-state index contributed by atoms with van der Waals surface area (Å²) >= 11 is 1.19. The van der Waals surface area contributed by atoms with Crippen LogP contribution in [0.3, 0.4) is 0 Å². The molecule has 0 aliphatic carbocycles. The maximum Gasteiger partial charge on any atom is 0.358 e. The number of hydrogen-bond acceptors (Lipinski definition) is 7. The van der Waals surface area contributed by atoms with Gasteiger partial charge in [-0.25, -0.2) is 9.78 Å². The van der Waals surface area contributed by atoms with Crippen molar-refractivity contribution in [1.82, 2.24) is 4.98 Å². The van der Waals surface area contributed by atoms with E-state index in [1.54, 1.807) is 0 Å². The summed E-state index contributed by atoms with van der Waals surface area (Å²) in [4.78, 5) is 27.7. The molecule has 1 aliphatic rings. The molecule has 1 aromatic heterocycles. The summed E-state index contributed by atoms with van der Waals surface area (Å²) in [7, 11) is 1.28. The van der Waals surface area contributed by atoms with Crippen LogP contribution in [0.15, 0.2) is 0 Å². The van der Waals surface area contributed by atoms with Gasteiger partial charge in [-0.05, 0) is 19.8 Å². The minimum Gasteiger partial charge on any atom is -0.464 e. The highest BCUT2D eigenvalue weighted by atomic mass is 32.1. The van der Waals surface area contributed by atoms with Gasteiger partial charge < -0.3 is 14.8 Å². The molecule has 0 aromatic carbocycles. The van der Waals surface area contributed by atoms with Crippen molar-refractivity contribution in [1.29, 1.82) is 0 Å². The van der Waals surface area contributed by atoms with Gasteiger partial charge in [-0.3, -0.25) is 4.79 Å². The van der Waals surface area contributed by atoms with E-state index in [1.807, 2.05) is 6.92 Å². The summed E-state index contributed by atoms with van der Waals surface area (Å²) in [6.07, 6.45) is 1.96. The molecule has 1 fully saturated rings. The Hall–Kier alpha value is -1.47. The lowest BCUT2D eigenvalue weighted by Crippen LogP contribution is -2.32. The maximum absolute atomic E-state index is 11.6. The number of carbonyl (C=O) groups excluding carboxylic acids is 2. The van der Waals surface area contributed by atoms with Crippen LogP contribution in [-0.4, -0.2) is 42.6 Å². The molecule has 0 radical (unpaired) electrons. The van der Waals surface area contributed by atoms with Crippen molar-refractivity contribution in [3.05, 3.63) is 10.6 Å². The Labute approximate surface area is 121 Å². The molecule has 6 nitrogen and oxygen atoms in total. The van der Waals surface area contributed by atoms with E-state index in [4.69, 9.17) is 4.74 Å². The number of rotatable bonds is 4. The molecule has 7 heteroatoms. The third kappa shape index (κ3) is 3.34. The van der Waals surface area contributed by atoms with Crippen molar-refractivity contribution in [2.75, 3.05) is 19.0 Å². The lowest BCUT2D eigenvalue weighted by atomic mass is 10.1. The fourth-order valence-electron chi connectivity index (χ4n) is 2.16. The first-order valence-electron chi connectivity index (χ1n) is 6.49. The van der Waals surface area contributed by atoms with Crippen molar-refractivity contribution < 1.29 is 19.1 Å². The quantitative estimate of drug-likeness (QED) is 0.677. The van der Waals surface area contributed by atoms with Crippen molar-refractivity contribution in [3.63, 3.8) is 0 Å². The highest BCUT2D eigenvalue weighted by Gasteiger charge is 2.24. The number of anilines is 1.